The average molecular weight is 204 g/mol. The van der Waals surface area contributed by atoms with Crippen molar-refractivity contribution in [3.05, 3.63) is 18.9 Å². The average Bonchev–Trinajstić information content (AvgIpc) is 2.69. The van der Waals surface area contributed by atoms with Gasteiger partial charge in [0, 0.05) is 6.54 Å². The first-order chi connectivity index (χ1) is 7.33. The van der Waals surface area contributed by atoms with E-state index in [2.05, 4.69) is 19.9 Å². The van der Waals surface area contributed by atoms with Crippen LogP contribution in [0.1, 0.15) is 13.3 Å². The van der Waals surface area contributed by atoms with Crippen molar-refractivity contribution in [1.29, 1.82) is 0 Å². The molecular formula is C9H12N6. The van der Waals surface area contributed by atoms with Crippen molar-refractivity contribution in [3.8, 4) is 0 Å². The number of nitrogens with two attached hydrogens (primary N) is 1. The first-order valence-corrected chi connectivity index (χ1v) is 4.76. The van der Waals surface area contributed by atoms with Crippen LogP contribution in [0.3, 0.4) is 0 Å². The standard InChI is InChI=1S/C9H12N6/c1-2-3-12-9(10)15-6-14-8-7(15)4-11-5-13-8/h4-6H,2-3H2,1H3,(H2,10,12). The van der Waals surface area contributed by atoms with Crippen LogP contribution in [-0.4, -0.2) is 32.0 Å². The van der Waals surface area contributed by atoms with Crippen molar-refractivity contribution >= 4 is 17.1 Å². The van der Waals surface area contributed by atoms with Crippen LogP contribution >= 0.6 is 0 Å². The molecule has 0 saturated carbocycles. The molecule has 2 heterocycles. The first kappa shape index (κ1) is 9.57. The molecule has 0 unspecified atom stereocenters. The van der Waals surface area contributed by atoms with E-state index in [1.54, 1.807) is 17.1 Å². The molecule has 0 atom stereocenters. The largest absolute Gasteiger partial charge is 0.369 e. The summed E-state index contributed by atoms with van der Waals surface area (Å²) in [4.78, 5) is 16.2. The van der Waals surface area contributed by atoms with Gasteiger partial charge in [-0.25, -0.2) is 15.0 Å². The van der Waals surface area contributed by atoms with Crippen molar-refractivity contribution in [3.63, 3.8) is 0 Å². The molecule has 0 amide bonds. The van der Waals surface area contributed by atoms with Crippen LogP contribution in [0.25, 0.3) is 11.2 Å². The van der Waals surface area contributed by atoms with E-state index in [0.29, 0.717) is 18.2 Å². The molecule has 0 spiro atoms. The van der Waals surface area contributed by atoms with Crippen molar-refractivity contribution in [2.75, 3.05) is 6.54 Å². The molecule has 2 N–H and O–H groups in total. The van der Waals surface area contributed by atoms with Crippen molar-refractivity contribution in [2.45, 2.75) is 13.3 Å². The van der Waals surface area contributed by atoms with Crippen molar-refractivity contribution in [1.82, 2.24) is 19.5 Å². The van der Waals surface area contributed by atoms with Gasteiger partial charge in [-0.3, -0.25) is 9.56 Å². The maximum atomic E-state index is 5.81. The van der Waals surface area contributed by atoms with Crippen LogP contribution in [0.2, 0.25) is 0 Å². The van der Waals surface area contributed by atoms with Gasteiger partial charge >= 0.3 is 0 Å². The van der Waals surface area contributed by atoms with E-state index < -0.39 is 0 Å². The molecular weight excluding hydrogens is 192 g/mol. The topological polar surface area (TPSA) is 82.0 Å². The Balaban J connectivity index is 2.43. The van der Waals surface area contributed by atoms with E-state index in [9.17, 15) is 0 Å². The highest BCUT2D eigenvalue weighted by Crippen LogP contribution is 2.06. The van der Waals surface area contributed by atoms with Gasteiger partial charge in [-0.2, -0.15) is 0 Å². The van der Waals surface area contributed by atoms with Crippen LogP contribution in [0.5, 0.6) is 0 Å². The third-order valence-electron chi connectivity index (χ3n) is 1.97. The van der Waals surface area contributed by atoms with Gasteiger partial charge in [0.2, 0.25) is 5.96 Å². The lowest BCUT2D eigenvalue weighted by molar-refractivity contribution is 0.916. The fourth-order valence-corrected chi connectivity index (χ4v) is 1.24. The zero-order valence-electron chi connectivity index (χ0n) is 8.46. The first-order valence-electron chi connectivity index (χ1n) is 4.76. The maximum absolute atomic E-state index is 5.81. The maximum Gasteiger partial charge on any atom is 0.201 e. The normalized spacial score (nSPS) is 12.2. The Labute approximate surface area is 86.9 Å². The van der Waals surface area contributed by atoms with Crippen LogP contribution < -0.4 is 5.73 Å². The third-order valence-corrected chi connectivity index (χ3v) is 1.97. The lowest BCUT2D eigenvalue weighted by Crippen LogP contribution is -2.21. The number of hydrogen-bond donors (Lipinski definition) is 1. The Morgan fingerprint density at radius 3 is 3.20 bits per heavy atom. The summed E-state index contributed by atoms with van der Waals surface area (Å²) in [5, 5.41) is 0. The molecule has 2 aromatic heterocycles. The zero-order valence-corrected chi connectivity index (χ0v) is 8.46. The second-order valence-corrected chi connectivity index (χ2v) is 3.09. The second-order valence-electron chi connectivity index (χ2n) is 3.09. The molecule has 2 aromatic rings. The fourth-order valence-electron chi connectivity index (χ4n) is 1.24. The predicted molar refractivity (Wildman–Crippen MR) is 57.5 cm³/mol. The van der Waals surface area contributed by atoms with Gasteiger partial charge in [-0.05, 0) is 6.42 Å². The van der Waals surface area contributed by atoms with E-state index in [1.807, 2.05) is 6.92 Å². The number of nitrogens with zero attached hydrogens (tertiary/aromatic N) is 5. The predicted octanol–water partition coefficient (Wildman–Crippen LogP) is 0.399. The Morgan fingerprint density at radius 2 is 2.40 bits per heavy atom. The minimum absolute atomic E-state index is 0.425. The van der Waals surface area contributed by atoms with E-state index >= 15 is 0 Å². The summed E-state index contributed by atoms with van der Waals surface area (Å²) >= 11 is 0. The Bertz CT molecular complexity index is 486. The monoisotopic (exact) mass is 204 g/mol. The van der Waals surface area contributed by atoms with E-state index in [4.69, 9.17) is 5.73 Å². The quantitative estimate of drug-likeness (QED) is 0.567. The van der Waals surface area contributed by atoms with Gasteiger partial charge in [-0.1, -0.05) is 6.92 Å². The SMILES string of the molecule is CCCN=C(N)n1cnc2ncncc21. The number of fused-ring (bicyclic) bond motifs is 1. The van der Waals surface area contributed by atoms with Crippen LogP contribution in [-0.2, 0) is 0 Å². The molecule has 78 valence electrons. The number of aromatic nitrogens is 4. The Morgan fingerprint density at radius 1 is 1.53 bits per heavy atom. The lowest BCUT2D eigenvalue weighted by atomic mass is 10.5. The molecule has 2 rings (SSSR count). The van der Waals surface area contributed by atoms with Gasteiger partial charge < -0.3 is 5.73 Å². The Hall–Kier alpha value is -1.98. The summed E-state index contributed by atoms with van der Waals surface area (Å²) in [6, 6.07) is 0. The van der Waals surface area contributed by atoms with Gasteiger partial charge in [0.1, 0.15) is 18.2 Å². The van der Waals surface area contributed by atoms with Crippen LogP contribution in [0.4, 0.5) is 0 Å². The molecule has 0 aliphatic rings. The Kier molecular flexibility index (Phi) is 2.57. The van der Waals surface area contributed by atoms with Gasteiger partial charge in [0.05, 0.1) is 6.20 Å². The molecule has 0 fully saturated rings. The molecule has 0 aromatic carbocycles. The highest BCUT2D eigenvalue weighted by Gasteiger charge is 2.05. The minimum atomic E-state index is 0.425. The molecule has 15 heavy (non-hydrogen) atoms. The van der Waals surface area contributed by atoms with Gasteiger partial charge in [0.25, 0.3) is 0 Å². The number of hydrogen-bond acceptors (Lipinski definition) is 4. The highest BCUT2D eigenvalue weighted by molar-refractivity contribution is 5.89. The summed E-state index contributed by atoms with van der Waals surface area (Å²) in [6.45, 7) is 2.76. The molecule has 0 saturated heterocycles. The summed E-state index contributed by atoms with van der Waals surface area (Å²) < 4.78 is 1.69. The summed E-state index contributed by atoms with van der Waals surface area (Å²) in [7, 11) is 0. The van der Waals surface area contributed by atoms with Crippen molar-refractivity contribution < 1.29 is 0 Å². The van der Waals surface area contributed by atoms with Crippen LogP contribution in [0.15, 0.2) is 23.8 Å². The minimum Gasteiger partial charge on any atom is -0.369 e. The summed E-state index contributed by atoms with van der Waals surface area (Å²) in [6.07, 6.45) is 5.69. The number of rotatable bonds is 2. The van der Waals surface area contributed by atoms with Gasteiger partial charge in [0.15, 0.2) is 5.65 Å². The van der Waals surface area contributed by atoms with Crippen molar-refractivity contribution in [2.24, 2.45) is 10.7 Å². The van der Waals surface area contributed by atoms with E-state index in [0.717, 1.165) is 11.9 Å². The molecule has 0 bridgehead atoms. The summed E-state index contributed by atoms with van der Waals surface area (Å²) in [5.41, 5.74) is 7.21. The van der Waals surface area contributed by atoms with E-state index in [-0.39, 0.29) is 0 Å². The van der Waals surface area contributed by atoms with Crippen LogP contribution in [0, 0.1) is 0 Å². The molecule has 6 nitrogen and oxygen atoms in total. The smallest absolute Gasteiger partial charge is 0.201 e. The fraction of sp³-hybridized carbons (Fsp3) is 0.333. The number of aliphatic imine (C=N–C) groups is 1. The zero-order chi connectivity index (χ0) is 10.7. The second kappa shape index (κ2) is 4.04. The third kappa shape index (κ3) is 1.78. The molecule has 6 heteroatoms. The molecule has 0 radical (unpaired) electrons. The number of imidazole rings is 1. The highest BCUT2D eigenvalue weighted by atomic mass is 15.2. The lowest BCUT2D eigenvalue weighted by Gasteiger charge is -2.01. The molecule has 0 aliphatic heterocycles. The molecule has 0 aliphatic carbocycles. The van der Waals surface area contributed by atoms with E-state index in [1.165, 1.54) is 6.33 Å². The summed E-state index contributed by atoms with van der Waals surface area (Å²) in [5.74, 6) is 0.425. The van der Waals surface area contributed by atoms with Gasteiger partial charge in [-0.15, -0.1) is 0 Å².